The molecule has 8 rings (SSSR count). The highest BCUT2D eigenvalue weighted by Crippen LogP contribution is 2.46. The molecule has 7 N–H and O–H groups in total. The number of aromatic nitrogens is 3. The first kappa shape index (κ1) is 61.3. The van der Waals surface area contributed by atoms with E-state index in [1.54, 1.807) is 6.92 Å². The first-order chi connectivity index (χ1) is 38.7. The molecule has 436 valence electrons. The Morgan fingerprint density at radius 1 is 0.747 bits per heavy atom. The molecule has 0 atom stereocenters. The Balaban J connectivity index is 1.20. The zero-order chi connectivity index (χ0) is 60.7. The minimum Gasteiger partial charge on any atom is -0.494 e. The van der Waals surface area contributed by atoms with Gasteiger partial charge in [0.05, 0.1) is 57.2 Å². The lowest BCUT2D eigenvalue weighted by atomic mass is 10.1. The summed E-state index contributed by atoms with van der Waals surface area (Å²) in [6.07, 6.45) is -0.267. The van der Waals surface area contributed by atoms with Crippen LogP contribution in [-0.4, -0.2) is 121 Å². The Morgan fingerprint density at radius 2 is 1.39 bits per heavy atom. The molecule has 37 heteroatoms. The quantitative estimate of drug-likeness (QED) is 0.0152. The fourth-order valence-electron chi connectivity index (χ4n) is 8.03. The number of nitrogens with zero attached hydrogens (tertiary/aromatic N) is 10. The maximum Gasteiger partial charge on any atom is 0.296 e. The summed E-state index contributed by atoms with van der Waals surface area (Å²) < 4.78 is 181. The Kier molecular flexibility index (Phi) is 17.4. The van der Waals surface area contributed by atoms with Crippen molar-refractivity contribution in [3.63, 3.8) is 0 Å². The van der Waals surface area contributed by atoms with Gasteiger partial charge in [-0.2, -0.15) is 52.5 Å². The minimum atomic E-state index is -4.97. The highest BCUT2D eigenvalue weighted by atomic mass is 32.2. The second-order valence-corrected chi connectivity index (χ2v) is 27.1. The second kappa shape index (κ2) is 23.5. The van der Waals surface area contributed by atoms with E-state index in [9.17, 15) is 80.0 Å². The lowest BCUT2D eigenvalue weighted by Crippen LogP contribution is -2.11. The summed E-state index contributed by atoms with van der Waals surface area (Å²) in [7, 11) is -22.1. The van der Waals surface area contributed by atoms with Crippen LogP contribution < -0.4 is 14.8 Å². The molecule has 0 aliphatic rings. The number of anilines is 1. The van der Waals surface area contributed by atoms with Crippen molar-refractivity contribution >= 4 is 157 Å². The number of benzene rings is 5. The summed E-state index contributed by atoms with van der Waals surface area (Å²) >= 11 is 1.87. The van der Waals surface area contributed by atoms with Crippen LogP contribution in [0.25, 0.3) is 37.7 Å². The van der Waals surface area contributed by atoms with Crippen LogP contribution in [0.4, 0.5) is 39.3 Å². The second-order valence-electron chi connectivity index (χ2n) is 17.6. The van der Waals surface area contributed by atoms with Crippen molar-refractivity contribution in [3.8, 4) is 23.4 Å². The number of methoxy groups -OCH3 is 1. The molecule has 0 bridgehead atoms. The van der Waals surface area contributed by atoms with Crippen LogP contribution in [0.15, 0.2) is 111 Å². The molecule has 0 aliphatic heterocycles. The predicted octanol–water partition coefficient (Wildman–Crippen LogP) is 9.42. The molecule has 5 aromatic carbocycles. The van der Waals surface area contributed by atoms with E-state index in [0.29, 0.717) is 10.5 Å². The number of fused-ring (bicyclic) bond motifs is 6. The standard InChI is InChI=1S/C46H41N11O19S7/c1-22-13-31(52-55-41-23(2)28(21-47)44-49-30-20-39(82(69,70)71)34(48-24(3)58)16-35(30)57(44)45(41)59)37(76-9-5-11-79(60,61)62)17-29(22)51-54-33-18-36(75-4)32(19-38(33)77-10-6-12-80(63,64)65)53-56-46-50-42-40(83(72,73)74)15-25-14-26(81(66,67)68)7-8-27(25)43(42)78-46/h7-8,13-20,59H,5-6,9-12H2,1-4H3,(H,48,58)(H,60,61,62)(H,63,64,65)(H,66,67,68)(H,69,70,71)(H,72,73,74). The van der Waals surface area contributed by atoms with Gasteiger partial charge in [0.1, 0.15) is 55.5 Å². The van der Waals surface area contributed by atoms with E-state index in [1.807, 2.05) is 6.07 Å². The molecule has 0 saturated carbocycles. The van der Waals surface area contributed by atoms with Gasteiger partial charge in [0.2, 0.25) is 16.9 Å². The van der Waals surface area contributed by atoms with Gasteiger partial charge in [-0.15, -0.1) is 37.3 Å². The molecule has 3 aromatic heterocycles. The van der Waals surface area contributed by atoms with Gasteiger partial charge in [-0.25, -0.2) is 9.97 Å². The maximum absolute atomic E-state index is 12.5. The van der Waals surface area contributed by atoms with Crippen LogP contribution in [0.3, 0.4) is 0 Å². The molecule has 1 amide bonds. The number of carbonyl (C=O) groups is 1. The SMILES string of the molecule is COc1cc(N=Nc2cc(OCCCS(=O)(=O)O)c(N=Nc3c(C)c(C#N)c4nc5cc(S(=O)(=O)O)c(NC(C)=O)cc5n4c3O)cc2C)c(SCCCS(=O)(=O)O)cc1N=Nc1nc2c(S(=O)(=O)O)cc3cc(S(=O)(=O)O)ccc3c2s1. The number of nitriles is 1. The molecule has 0 saturated heterocycles. The third kappa shape index (κ3) is 14.0. The van der Waals surface area contributed by atoms with Gasteiger partial charge < -0.3 is 19.9 Å². The lowest BCUT2D eigenvalue weighted by molar-refractivity contribution is -0.114. The van der Waals surface area contributed by atoms with Crippen LogP contribution in [-0.2, 0) is 55.4 Å². The van der Waals surface area contributed by atoms with Crippen LogP contribution in [0.2, 0.25) is 0 Å². The number of thiazole rings is 1. The number of pyridine rings is 1. The normalized spacial score (nSPS) is 12.9. The number of rotatable bonds is 21. The van der Waals surface area contributed by atoms with Crippen LogP contribution in [0, 0.1) is 25.2 Å². The highest BCUT2D eigenvalue weighted by Gasteiger charge is 2.27. The Morgan fingerprint density at radius 3 is 2.02 bits per heavy atom. The van der Waals surface area contributed by atoms with E-state index in [0.717, 1.165) is 64.8 Å². The number of imidazole rings is 1. The van der Waals surface area contributed by atoms with E-state index >= 15 is 0 Å². The van der Waals surface area contributed by atoms with Gasteiger partial charge in [-0.05, 0) is 85.9 Å². The number of nitrogens with one attached hydrogen (secondary N) is 1. The zero-order valence-electron chi connectivity index (χ0n) is 42.8. The fourth-order valence-corrected chi connectivity index (χ4v) is 13.0. The van der Waals surface area contributed by atoms with Gasteiger partial charge in [0, 0.05) is 34.9 Å². The molecule has 0 aliphatic carbocycles. The molecule has 83 heavy (non-hydrogen) atoms. The number of ether oxygens (including phenoxy) is 2. The van der Waals surface area contributed by atoms with E-state index < -0.39 is 88.6 Å². The van der Waals surface area contributed by atoms with Crippen LogP contribution in [0.1, 0.15) is 36.5 Å². The number of hydrogen-bond donors (Lipinski definition) is 7. The van der Waals surface area contributed by atoms with Gasteiger partial charge in [-0.3, -0.25) is 32.0 Å². The highest BCUT2D eigenvalue weighted by molar-refractivity contribution is 7.99. The van der Waals surface area contributed by atoms with Crippen molar-refractivity contribution in [2.24, 2.45) is 30.7 Å². The monoisotopic (exact) mass is 1280 g/mol. The number of hydrogen-bond acceptors (Lipinski definition) is 25. The van der Waals surface area contributed by atoms with Crippen molar-refractivity contribution in [1.82, 2.24) is 14.4 Å². The van der Waals surface area contributed by atoms with E-state index in [4.69, 9.17) is 9.47 Å². The van der Waals surface area contributed by atoms with E-state index in [2.05, 4.69) is 46.0 Å². The summed E-state index contributed by atoms with van der Waals surface area (Å²) in [5.41, 5.74) is -0.819. The summed E-state index contributed by atoms with van der Waals surface area (Å²) in [6.45, 7) is 3.75. The van der Waals surface area contributed by atoms with Gasteiger partial charge in [0.25, 0.3) is 50.6 Å². The lowest BCUT2D eigenvalue weighted by Gasteiger charge is -2.12. The van der Waals surface area contributed by atoms with E-state index in [1.165, 1.54) is 44.4 Å². The number of amides is 1. The van der Waals surface area contributed by atoms with Crippen molar-refractivity contribution in [3.05, 3.63) is 77.4 Å². The number of aromatic hydroxyl groups is 1. The molecular weight excluding hydrogens is 1240 g/mol. The molecular formula is C46H41N11O19S7. The van der Waals surface area contributed by atoms with Gasteiger partial charge in [-0.1, -0.05) is 17.4 Å². The third-order valence-corrected chi connectivity index (χ3v) is 18.0. The minimum absolute atomic E-state index is 0.0130. The summed E-state index contributed by atoms with van der Waals surface area (Å²) in [5, 5.41) is 50.4. The van der Waals surface area contributed by atoms with Crippen molar-refractivity contribution in [2.45, 2.75) is 53.2 Å². The van der Waals surface area contributed by atoms with Gasteiger partial charge in [0.15, 0.2) is 11.3 Å². The summed E-state index contributed by atoms with van der Waals surface area (Å²) in [4.78, 5) is 18.9. The number of azo groups is 3. The van der Waals surface area contributed by atoms with Crippen LogP contribution in [0.5, 0.6) is 17.4 Å². The van der Waals surface area contributed by atoms with Crippen molar-refractivity contribution < 1.29 is 84.2 Å². The average molecular weight is 1280 g/mol. The molecule has 0 fully saturated rings. The molecule has 3 heterocycles. The first-order valence-electron chi connectivity index (χ1n) is 23.2. The van der Waals surface area contributed by atoms with Crippen molar-refractivity contribution in [1.29, 1.82) is 5.26 Å². The fraction of sp³-hybridized carbons (Fsp3) is 0.217. The molecule has 0 radical (unpaired) electrons. The topological polar surface area (TPSA) is 468 Å². The molecule has 0 spiro atoms. The first-order valence-corrected chi connectivity index (χ1v) is 32.6. The third-order valence-electron chi connectivity index (χ3n) is 11.7. The molecule has 30 nitrogen and oxygen atoms in total. The molecule has 0 unspecified atom stereocenters. The summed E-state index contributed by atoms with van der Waals surface area (Å²) in [5.74, 6) is -2.67. The summed E-state index contributed by atoms with van der Waals surface area (Å²) in [6, 6.07) is 14.0. The maximum atomic E-state index is 12.5. The van der Waals surface area contributed by atoms with Crippen LogP contribution >= 0.6 is 23.1 Å². The number of carbonyl (C=O) groups excluding carboxylic acids is 1. The smallest absolute Gasteiger partial charge is 0.296 e. The number of thioether (sulfide) groups is 1. The Labute approximate surface area is 478 Å². The van der Waals surface area contributed by atoms with E-state index in [-0.39, 0.29) is 125 Å². The number of aryl methyl sites for hydroxylation is 1. The van der Waals surface area contributed by atoms with Crippen molar-refractivity contribution in [2.75, 3.05) is 36.3 Å². The molecule has 8 aromatic rings. The Hall–Kier alpha value is -7.74. The predicted molar refractivity (Wildman–Crippen MR) is 300 cm³/mol. The zero-order valence-corrected chi connectivity index (χ0v) is 48.6. The largest absolute Gasteiger partial charge is 0.494 e. The van der Waals surface area contributed by atoms with Gasteiger partial charge >= 0.3 is 0 Å². The Bertz CT molecular complexity index is 4770. The average Bonchev–Trinajstić information content (AvgIpc) is 2.71.